The molecule has 8 heteroatoms. The minimum atomic E-state index is -0.250. The van der Waals surface area contributed by atoms with Gasteiger partial charge >= 0.3 is 0 Å². The SMILES string of the molecule is CC(C(=O)N1CCc2c(-c3ccccc3)nn(C)c2CC1)N1CCN(C)CC1.O=CO. The molecule has 1 aromatic carbocycles. The summed E-state index contributed by atoms with van der Waals surface area (Å²) in [5, 5.41) is 11.7. The monoisotopic (exact) mass is 427 g/mol. The van der Waals surface area contributed by atoms with Crippen molar-refractivity contribution in [2.24, 2.45) is 7.05 Å². The van der Waals surface area contributed by atoms with Crippen LogP contribution in [0.4, 0.5) is 0 Å². The van der Waals surface area contributed by atoms with E-state index >= 15 is 0 Å². The maximum atomic E-state index is 13.2. The van der Waals surface area contributed by atoms with Crippen LogP contribution in [0.1, 0.15) is 18.2 Å². The molecule has 2 aliphatic rings. The van der Waals surface area contributed by atoms with Gasteiger partial charge in [-0.1, -0.05) is 30.3 Å². The summed E-state index contributed by atoms with van der Waals surface area (Å²) in [5.41, 5.74) is 4.79. The lowest BCUT2D eigenvalue weighted by Gasteiger charge is -2.37. The van der Waals surface area contributed by atoms with Gasteiger partial charge in [0.15, 0.2) is 0 Å². The van der Waals surface area contributed by atoms with E-state index in [4.69, 9.17) is 15.0 Å². The number of piperazine rings is 1. The van der Waals surface area contributed by atoms with E-state index in [0.717, 1.165) is 63.4 Å². The van der Waals surface area contributed by atoms with E-state index < -0.39 is 0 Å². The van der Waals surface area contributed by atoms with Crippen LogP contribution in [0.2, 0.25) is 0 Å². The molecule has 0 radical (unpaired) electrons. The Balaban J connectivity index is 0.000000858. The Hall–Kier alpha value is -2.71. The number of rotatable bonds is 3. The molecule has 0 saturated carbocycles. The van der Waals surface area contributed by atoms with E-state index in [1.807, 2.05) is 17.8 Å². The molecule has 3 heterocycles. The fourth-order valence-electron chi connectivity index (χ4n) is 4.46. The molecule has 168 valence electrons. The minimum absolute atomic E-state index is 0.0402. The van der Waals surface area contributed by atoms with Gasteiger partial charge in [0.2, 0.25) is 5.91 Å². The maximum absolute atomic E-state index is 13.2. The van der Waals surface area contributed by atoms with E-state index in [-0.39, 0.29) is 18.4 Å². The lowest BCUT2D eigenvalue weighted by Crippen LogP contribution is -2.54. The highest BCUT2D eigenvalue weighted by Crippen LogP contribution is 2.28. The molecule has 1 aromatic heterocycles. The van der Waals surface area contributed by atoms with Crippen molar-refractivity contribution in [3.63, 3.8) is 0 Å². The van der Waals surface area contributed by atoms with Gasteiger partial charge < -0.3 is 14.9 Å². The number of aryl methyl sites for hydroxylation is 1. The summed E-state index contributed by atoms with van der Waals surface area (Å²) < 4.78 is 2.01. The van der Waals surface area contributed by atoms with Crippen LogP contribution in [0.25, 0.3) is 11.3 Å². The smallest absolute Gasteiger partial charge is 0.290 e. The number of carboxylic acid groups (broad SMARTS) is 1. The first-order chi connectivity index (χ1) is 15.0. The number of nitrogens with zero attached hydrogens (tertiary/aromatic N) is 5. The second-order valence-electron chi connectivity index (χ2n) is 8.21. The van der Waals surface area contributed by atoms with Crippen molar-refractivity contribution in [2.45, 2.75) is 25.8 Å². The van der Waals surface area contributed by atoms with Crippen LogP contribution in [0.3, 0.4) is 0 Å². The number of hydrogen-bond acceptors (Lipinski definition) is 5. The summed E-state index contributed by atoms with van der Waals surface area (Å²) in [7, 11) is 4.17. The third-order valence-electron chi connectivity index (χ3n) is 6.33. The Labute approximate surface area is 184 Å². The average molecular weight is 428 g/mol. The van der Waals surface area contributed by atoms with Gasteiger partial charge in [-0.15, -0.1) is 0 Å². The van der Waals surface area contributed by atoms with Crippen LogP contribution in [-0.2, 0) is 29.5 Å². The standard InChI is InChI=1S/C22H31N5O.CH2O2/c1-17(26-15-13-24(2)14-16-26)22(28)27-11-9-19-20(10-12-27)25(3)23-21(19)18-7-5-4-6-8-18;2-1-3/h4-8,17H,9-16H2,1-3H3;1H,(H,2,3). The number of hydrogen-bond donors (Lipinski definition) is 1. The van der Waals surface area contributed by atoms with Crippen molar-refractivity contribution in [1.29, 1.82) is 0 Å². The number of aromatic nitrogens is 2. The number of amides is 1. The molecule has 1 atom stereocenters. The number of carbonyl (C=O) groups is 2. The van der Waals surface area contributed by atoms with Gasteiger partial charge in [-0.3, -0.25) is 19.2 Å². The largest absolute Gasteiger partial charge is 0.483 e. The zero-order chi connectivity index (χ0) is 22.4. The molecule has 31 heavy (non-hydrogen) atoms. The molecule has 4 rings (SSSR count). The molecule has 1 fully saturated rings. The third-order valence-corrected chi connectivity index (χ3v) is 6.33. The van der Waals surface area contributed by atoms with Gasteiger partial charge in [0.1, 0.15) is 0 Å². The normalized spacial score (nSPS) is 18.4. The highest BCUT2D eigenvalue weighted by Gasteiger charge is 2.30. The number of likely N-dealkylation sites (N-methyl/N-ethyl adjacent to an activating group) is 1. The molecule has 0 bridgehead atoms. The third kappa shape index (κ3) is 5.32. The quantitative estimate of drug-likeness (QED) is 0.745. The van der Waals surface area contributed by atoms with Crippen molar-refractivity contribution in [3.05, 3.63) is 41.6 Å². The first kappa shape index (κ1) is 23.0. The van der Waals surface area contributed by atoms with Crippen molar-refractivity contribution >= 4 is 12.4 Å². The highest BCUT2D eigenvalue weighted by atomic mass is 16.3. The molecular formula is C23H33N5O3. The van der Waals surface area contributed by atoms with Crippen LogP contribution in [0.15, 0.2) is 30.3 Å². The van der Waals surface area contributed by atoms with Gasteiger partial charge in [0.25, 0.3) is 6.47 Å². The van der Waals surface area contributed by atoms with Crippen LogP contribution in [-0.4, -0.2) is 94.3 Å². The second kappa shape index (κ2) is 10.5. The molecule has 1 unspecified atom stereocenters. The number of benzene rings is 1. The van der Waals surface area contributed by atoms with E-state index in [0.29, 0.717) is 0 Å². The molecule has 0 aliphatic carbocycles. The zero-order valence-corrected chi connectivity index (χ0v) is 18.7. The Morgan fingerprint density at radius 2 is 1.65 bits per heavy atom. The minimum Gasteiger partial charge on any atom is -0.483 e. The predicted molar refractivity (Wildman–Crippen MR) is 120 cm³/mol. The van der Waals surface area contributed by atoms with Crippen molar-refractivity contribution in [1.82, 2.24) is 24.5 Å². The van der Waals surface area contributed by atoms with Crippen molar-refractivity contribution in [2.75, 3.05) is 46.3 Å². The summed E-state index contributed by atoms with van der Waals surface area (Å²) in [6, 6.07) is 10.3. The first-order valence-corrected chi connectivity index (χ1v) is 10.9. The van der Waals surface area contributed by atoms with Gasteiger partial charge in [-0.25, -0.2) is 0 Å². The van der Waals surface area contributed by atoms with Gasteiger partial charge in [-0.05, 0) is 20.4 Å². The Morgan fingerprint density at radius 3 is 2.29 bits per heavy atom. The van der Waals surface area contributed by atoms with Gasteiger partial charge in [0.05, 0.1) is 11.7 Å². The fourth-order valence-corrected chi connectivity index (χ4v) is 4.46. The Morgan fingerprint density at radius 1 is 1.03 bits per heavy atom. The second-order valence-corrected chi connectivity index (χ2v) is 8.21. The molecule has 2 aliphatic heterocycles. The van der Waals surface area contributed by atoms with Crippen LogP contribution < -0.4 is 0 Å². The summed E-state index contributed by atoms with van der Waals surface area (Å²) in [6.07, 6.45) is 1.74. The molecular weight excluding hydrogens is 394 g/mol. The highest BCUT2D eigenvalue weighted by molar-refractivity contribution is 5.81. The molecule has 2 aromatic rings. The van der Waals surface area contributed by atoms with Crippen LogP contribution >= 0.6 is 0 Å². The molecule has 1 N–H and O–H groups in total. The van der Waals surface area contributed by atoms with Crippen molar-refractivity contribution in [3.8, 4) is 11.3 Å². The number of carbonyl (C=O) groups excluding carboxylic acids is 1. The molecule has 8 nitrogen and oxygen atoms in total. The Kier molecular flexibility index (Phi) is 7.81. The maximum Gasteiger partial charge on any atom is 0.290 e. The van der Waals surface area contributed by atoms with Gasteiger partial charge in [-0.2, -0.15) is 5.10 Å². The lowest BCUT2D eigenvalue weighted by atomic mass is 10.0. The van der Waals surface area contributed by atoms with E-state index in [1.165, 1.54) is 11.3 Å². The Bertz CT molecular complexity index is 875. The molecule has 1 saturated heterocycles. The zero-order valence-electron chi connectivity index (χ0n) is 18.7. The fraction of sp³-hybridized carbons (Fsp3) is 0.522. The van der Waals surface area contributed by atoms with Crippen LogP contribution in [0, 0.1) is 0 Å². The average Bonchev–Trinajstić information content (AvgIpc) is 2.95. The van der Waals surface area contributed by atoms with E-state index in [1.54, 1.807) is 0 Å². The summed E-state index contributed by atoms with van der Waals surface area (Å²) in [6.45, 7) is 7.39. The molecule has 0 spiro atoms. The van der Waals surface area contributed by atoms with Crippen molar-refractivity contribution < 1.29 is 14.7 Å². The summed E-state index contributed by atoms with van der Waals surface area (Å²) in [4.78, 5) is 28.3. The predicted octanol–water partition coefficient (Wildman–Crippen LogP) is 1.35. The summed E-state index contributed by atoms with van der Waals surface area (Å²) in [5.74, 6) is 0.270. The summed E-state index contributed by atoms with van der Waals surface area (Å²) >= 11 is 0. The number of fused-ring (bicyclic) bond motifs is 1. The van der Waals surface area contributed by atoms with Crippen LogP contribution in [0.5, 0.6) is 0 Å². The topological polar surface area (TPSA) is 81.9 Å². The molecule has 1 amide bonds. The lowest BCUT2D eigenvalue weighted by molar-refractivity contribution is -0.137. The van der Waals surface area contributed by atoms with Gasteiger partial charge in [0, 0.05) is 69.6 Å². The first-order valence-electron chi connectivity index (χ1n) is 10.9. The van der Waals surface area contributed by atoms with E-state index in [2.05, 4.69) is 52.9 Å². The van der Waals surface area contributed by atoms with E-state index in [9.17, 15) is 4.79 Å².